The minimum atomic E-state index is -0.0654. The van der Waals surface area contributed by atoms with Gasteiger partial charge in [0.1, 0.15) is 11.5 Å². The smallest absolute Gasteiger partial charge is 0.239 e. The van der Waals surface area contributed by atoms with Gasteiger partial charge in [0.2, 0.25) is 5.91 Å². The van der Waals surface area contributed by atoms with Gasteiger partial charge in [-0.2, -0.15) is 0 Å². The van der Waals surface area contributed by atoms with Gasteiger partial charge in [-0.05, 0) is 50.6 Å². The van der Waals surface area contributed by atoms with Crippen molar-refractivity contribution >= 4 is 11.6 Å². The van der Waals surface area contributed by atoms with Crippen LogP contribution in [-0.4, -0.2) is 25.2 Å². The van der Waals surface area contributed by atoms with Crippen LogP contribution >= 0.6 is 0 Å². The Hall–Kier alpha value is -2.69. The number of hydrogen-bond donors (Lipinski definition) is 2. The molecule has 0 radical (unpaired) electrons. The van der Waals surface area contributed by atoms with Gasteiger partial charge in [-0.15, -0.1) is 0 Å². The van der Waals surface area contributed by atoms with Crippen LogP contribution < -0.4 is 20.1 Å². The van der Waals surface area contributed by atoms with Gasteiger partial charge in [-0.1, -0.05) is 18.2 Å². The van der Waals surface area contributed by atoms with Crippen LogP contribution in [0.5, 0.6) is 11.5 Å². The summed E-state index contributed by atoms with van der Waals surface area (Å²) < 4.78 is 11.0. The Morgan fingerprint density at radius 3 is 2.52 bits per heavy atom. The van der Waals surface area contributed by atoms with Crippen LogP contribution in [0.15, 0.2) is 48.5 Å². The number of carbonyl (C=O) groups excluding carboxylic acids is 1. The Morgan fingerprint density at radius 1 is 1.08 bits per heavy atom. The highest BCUT2D eigenvalue weighted by molar-refractivity contribution is 5.80. The molecule has 2 N–H and O–H groups in total. The van der Waals surface area contributed by atoms with Gasteiger partial charge in [0, 0.05) is 18.3 Å². The topological polar surface area (TPSA) is 59.6 Å². The molecule has 2 aromatic carbocycles. The number of ether oxygens (including phenoxy) is 2. The van der Waals surface area contributed by atoms with E-state index in [1.807, 2.05) is 69.3 Å². The first-order chi connectivity index (χ1) is 12.1. The van der Waals surface area contributed by atoms with E-state index in [-0.39, 0.29) is 18.6 Å². The van der Waals surface area contributed by atoms with Gasteiger partial charge >= 0.3 is 0 Å². The molecule has 0 fully saturated rings. The van der Waals surface area contributed by atoms with Gasteiger partial charge in [0.25, 0.3) is 0 Å². The number of benzene rings is 2. The zero-order valence-electron chi connectivity index (χ0n) is 15.0. The maximum absolute atomic E-state index is 12.0. The number of nitrogens with one attached hydrogen (secondary N) is 2. The highest BCUT2D eigenvalue weighted by Gasteiger charge is 2.03. The summed E-state index contributed by atoms with van der Waals surface area (Å²) in [6.45, 7) is 7.24. The molecule has 134 valence electrons. The van der Waals surface area contributed by atoms with Gasteiger partial charge in [0.15, 0.2) is 0 Å². The van der Waals surface area contributed by atoms with Crippen molar-refractivity contribution in [1.29, 1.82) is 0 Å². The van der Waals surface area contributed by atoms with Crippen molar-refractivity contribution in [2.24, 2.45) is 0 Å². The number of hydrogen-bond acceptors (Lipinski definition) is 4. The highest BCUT2D eigenvalue weighted by Crippen LogP contribution is 2.17. The number of carbonyl (C=O) groups is 1. The summed E-state index contributed by atoms with van der Waals surface area (Å²) in [4.78, 5) is 12.0. The second-order valence-corrected chi connectivity index (χ2v) is 5.90. The molecule has 1 amide bonds. The molecule has 2 rings (SSSR count). The van der Waals surface area contributed by atoms with Crippen molar-refractivity contribution in [3.05, 3.63) is 54.1 Å². The van der Waals surface area contributed by atoms with Crippen molar-refractivity contribution in [1.82, 2.24) is 5.32 Å². The van der Waals surface area contributed by atoms with Gasteiger partial charge in [-0.25, -0.2) is 0 Å². The highest BCUT2D eigenvalue weighted by atomic mass is 16.5. The molecular weight excluding hydrogens is 316 g/mol. The fourth-order valence-electron chi connectivity index (χ4n) is 2.27. The number of anilines is 1. The molecule has 2 aromatic rings. The van der Waals surface area contributed by atoms with Crippen LogP contribution in [0.1, 0.15) is 26.3 Å². The molecule has 0 saturated carbocycles. The SMILES string of the molecule is CCOc1cccc(NCC(=O)NCc2ccc(OC(C)C)cc2)c1. The monoisotopic (exact) mass is 342 g/mol. The molecule has 0 aliphatic heterocycles. The van der Waals surface area contributed by atoms with E-state index in [0.717, 1.165) is 22.7 Å². The van der Waals surface area contributed by atoms with Crippen LogP contribution in [0.4, 0.5) is 5.69 Å². The fraction of sp³-hybridized carbons (Fsp3) is 0.350. The van der Waals surface area contributed by atoms with E-state index >= 15 is 0 Å². The number of amides is 1. The van der Waals surface area contributed by atoms with Crippen LogP contribution in [0.2, 0.25) is 0 Å². The van der Waals surface area contributed by atoms with Crippen molar-refractivity contribution < 1.29 is 14.3 Å². The largest absolute Gasteiger partial charge is 0.494 e. The lowest BCUT2D eigenvalue weighted by atomic mass is 10.2. The standard InChI is InChI=1S/C20H26N2O3/c1-4-24-19-7-5-6-17(12-19)21-14-20(23)22-13-16-8-10-18(11-9-16)25-15(2)3/h5-12,15,21H,4,13-14H2,1-3H3,(H,22,23). The van der Waals surface area contributed by atoms with E-state index in [4.69, 9.17) is 9.47 Å². The van der Waals surface area contributed by atoms with Gasteiger partial charge in [0.05, 0.1) is 19.3 Å². The summed E-state index contributed by atoms with van der Waals surface area (Å²) in [6.07, 6.45) is 0.151. The van der Waals surface area contributed by atoms with Crippen molar-refractivity contribution in [2.75, 3.05) is 18.5 Å². The third kappa shape index (κ3) is 6.75. The normalized spacial score (nSPS) is 10.4. The molecule has 0 aliphatic rings. The molecule has 0 heterocycles. The minimum Gasteiger partial charge on any atom is -0.494 e. The molecule has 25 heavy (non-hydrogen) atoms. The van der Waals surface area contributed by atoms with E-state index < -0.39 is 0 Å². The van der Waals surface area contributed by atoms with E-state index in [1.54, 1.807) is 0 Å². The Bertz CT molecular complexity index is 669. The Balaban J connectivity index is 1.76. The van der Waals surface area contributed by atoms with E-state index in [9.17, 15) is 4.79 Å². The molecule has 0 bridgehead atoms. The molecule has 0 unspecified atom stereocenters. The first kappa shape index (κ1) is 18.6. The van der Waals surface area contributed by atoms with E-state index in [0.29, 0.717) is 13.2 Å². The van der Waals surface area contributed by atoms with Crippen molar-refractivity contribution in [3.8, 4) is 11.5 Å². The Kier molecular flexibility index (Phi) is 7.14. The predicted octanol–water partition coefficient (Wildman–Crippen LogP) is 3.60. The number of rotatable bonds is 9. The summed E-state index contributed by atoms with van der Waals surface area (Å²) in [6, 6.07) is 15.3. The molecule has 5 heteroatoms. The average Bonchev–Trinajstić information content (AvgIpc) is 2.59. The molecule has 0 atom stereocenters. The van der Waals surface area contributed by atoms with Crippen LogP contribution in [0.25, 0.3) is 0 Å². The zero-order chi connectivity index (χ0) is 18.1. The first-order valence-electron chi connectivity index (χ1n) is 8.56. The quantitative estimate of drug-likeness (QED) is 0.731. The maximum atomic E-state index is 12.0. The van der Waals surface area contributed by atoms with Gasteiger partial charge < -0.3 is 20.1 Å². The van der Waals surface area contributed by atoms with E-state index in [1.165, 1.54) is 0 Å². The molecular formula is C20H26N2O3. The van der Waals surface area contributed by atoms with Crippen molar-refractivity contribution in [3.63, 3.8) is 0 Å². The minimum absolute atomic E-state index is 0.0654. The maximum Gasteiger partial charge on any atom is 0.239 e. The molecule has 0 saturated heterocycles. The third-order valence-corrected chi connectivity index (χ3v) is 3.38. The van der Waals surface area contributed by atoms with Gasteiger partial charge in [-0.3, -0.25) is 4.79 Å². The molecule has 5 nitrogen and oxygen atoms in total. The molecule has 0 spiro atoms. The average molecular weight is 342 g/mol. The summed E-state index contributed by atoms with van der Waals surface area (Å²) >= 11 is 0. The Labute approximate surface area is 149 Å². The fourth-order valence-corrected chi connectivity index (χ4v) is 2.27. The molecule has 0 aromatic heterocycles. The van der Waals surface area contributed by atoms with Crippen LogP contribution in [0, 0.1) is 0 Å². The second kappa shape index (κ2) is 9.57. The van der Waals surface area contributed by atoms with Crippen LogP contribution in [-0.2, 0) is 11.3 Å². The summed E-state index contributed by atoms with van der Waals surface area (Å²) in [7, 11) is 0. The van der Waals surface area contributed by atoms with Crippen molar-refractivity contribution in [2.45, 2.75) is 33.4 Å². The zero-order valence-corrected chi connectivity index (χ0v) is 15.0. The van der Waals surface area contributed by atoms with Crippen LogP contribution in [0.3, 0.4) is 0 Å². The lowest BCUT2D eigenvalue weighted by molar-refractivity contribution is -0.119. The predicted molar refractivity (Wildman–Crippen MR) is 100 cm³/mol. The molecule has 0 aliphatic carbocycles. The third-order valence-electron chi connectivity index (χ3n) is 3.38. The summed E-state index contributed by atoms with van der Waals surface area (Å²) in [5.41, 5.74) is 1.89. The summed E-state index contributed by atoms with van der Waals surface area (Å²) in [5, 5.41) is 5.99. The Morgan fingerprint density at radius 2 is 1.84 bits per heavy atom. The summed E-state index contributed by atoms with van der Waals surface area (Å²) in [5.74, 6) is 1.56. The lowest BCUT2D eigenvalue weighted by Gasteiger charge is -2.11. The van der Waals surface area contributed by atoms with E-state index in [2.05, 4.69) is 10.6 Å². The first-order valence-corrected chi connectivity index (χ1v) is 8.56. The second-order valence-electron chi connectivity index (χ2n) is 5.90. The lowest BCUT2D eigenvalue weighted by Crippen LogP contribution is -2.29.